The fourth-order valence-electron chi connectivity index (χ4n) is 4.77. The molecule has 0 bridgehead atoms. The van der Waals surface area contributed by atoms with Crippen molar-refractivity contribution in [1.29, 1.82) is 0 Å². The topological polar surface area (TPSA) is 85.0 Å². The van der Waals surface area contributed by atoms with Gasteiger partial charge in [-0.1, -0.05) is 33.1 Å². The number of pyridine rings is 1. The van der Waals surface area contributed by atoms with Crippen molar-refractivity contribution < 1.29 is 27.8 Å². The summed E-state index contributed by atoms with van der Waals surface area (Å²) in [5.41, 5.74) is 0.998. The second-order valence-electron chi connectivity index (χ2n) is 10.6. The van der Waals surface area contributed by atoms with E-state index in [1.165, 1.54) is 30.3 Å². The number of hydrogen-bond donors (Lipinski definition) is 2. The Hall–Kier alpha value is -4.70. The van der Waals surface area contributed by atoms with Gasteiger partial charge in [0, 0.05) is 47.4 Å². The van der Waals surface area contributed by atoms with Gasteiger partial charge in [-0.2, -0.15) is 0 Å². The third-order valence-corrected chi connectivity index (χ3v) is 7.80. The third kappa shape index (κ3) is 8.07. The van der Waals surface area contributed by atoms with Gasteiger partial charge in [0.2, 0.25) is 5.91 Å². The second-order valence-corrected chi connectivity index (χ2v) is 10.6. The van der Waals surface area contributed by atoms with Crippen LogP contribution >= 0.6 is 0 Å². The van der Waals surface area contributed by atoms with Gasteiger partial charge in [0.05, 0.1) is 18.0 Å². The lowest BCUT2D eigenvalue weighted by atomic mass is 10.0. The van der Waals surface area contributed by atoms with Crippen molar-refractivity contribution in [2.24, 2.45) is 5.41 Å². The Morgan fingerprint density at radius 2 is 1.80 bits per heavy atom. The van der Waals surface area contributed by atoms with Gasteiger partial charge in [0.25, 0.3) is 0 Å². The molecule has 0 atom stereocenters. The molecule has 45 heavy (non-hydrogen) atoms. The SMILES string of the molecule is C=C(Oc1ccnc2cc(OC)c(OCCN(CC)CC)cc12)/C(F)=C\C(=C/C)NC(=C)C1(C(=O)Nc2ccc(F)cc2)CC1. The van der Waals surface area contributed by atoms with Crippen LogP contribution in [0.4, 0.5) is 14.5 Å². The number of methoxy groups -OCH3 is 1. The molecule has 3 aromatic rings. The Bertz CT molecular complexity index is 1610. The maximum absolute atomic E-state index is 15.4. The number of amides is 1. The van der Waals surface area contributed by atoms with E-state index in [0.29, 0.717) is 64.7 Å². The van der Waals surface area contributed by atoms with E-state index in [1.54, 1.807) is 44.5 Å². The Morgan fingerprint density at radius 1 is 1.09 bits per heavy atom. The van der Waals surface area contributed by atoms with Crippen molar-refractivity contribution in [3.8, 4) is 17.2 Å². The highest BCUT2D eigenvalue weighted by molar-refractivity contribution is 5.99. The molecule has 1 aromatic heterocycles. The fraction of sp³-hybridized carbons (Fsp3) is 0.314. The molecule has 1 heterocycles. The average Bonchev–Trinajstić information content (AvgIpc) is 3.86. The minimum Gasteiger partial charge on any atom is -0.493 e. The average molecular weight is 619 g/mol. The summed E-state index contributed by atoms with van der Waals surface area (Å²) in [6.07, 6.45) is 5.59. The maximum Gasteiger partial charge on any atom is 0.236 e. The van der Waals surface area contributed by atoms with Crippen molar-refractivity contribution >= 4 is 22.5 Å². The molecule has 8 nitrogen and oxygen atoms in total. The number of rotatable bonds is 16. The zero-order valence-corrected chi connectivity index (χ0v) is 26.2. The number of anilines is 1. The molecule has 1 saturated carbocycles. The number of carbonyl (C=O) groups is 1. The van der Waals surface area contributed by atoms with E-state index >= 15 is 4.39 Å². The minimum absolute atomic E-state index is 0.218. The van der Waals surface area contributed by atoms with Crippen LogP contribution in [0.25, 0.3) is 10.9 Å². The second kappa shape index (κ2) is 14.9. The Kier molecular flexibility index (Phi) is 11.0. The van der Waals surface area contributed by atoms with Crippen LogP contribution in [0.2, 0.25) is 0 Å². The molecule has 10 heteroatoms. The number of benzene rings is 2. The highest BCUT2D eigenvalue weighted by Gasteiger charge is 2.52. The highest BCUT2D eigenvalue weighted by Crippen LogP contribution is 2.51. The van der Waals surface area contributed by atoms with Crippen molar-refractivity contribution in [3.05, 3.63) is 103 Å². The maximum atomic E-state index is 15.4. The summed E-state index contributed by atoms with van der Waals surface area (Å²) in [5, 5.41) is 6.48. The highest BCUT2D eigenvalue weighted by atomic mass is 19.1. The monoisotopic (exact) mass is 618 g/mol. The van der Waals surface area contributed by atoms with Crippen LogP contribution in [0.5, 0.6) is 17.2 Å². The van der Waals surface area contributed by atoms with E-state index in [4.69, 9.17) is 14.2 Å². The first-order valence-corrected chi connectivity index (χ1v) is 14.9. The number of nitrogens with one attached hydrogen (secondary N) is 2. The summed E-state index contributed by atoms with van der Waals surface area (Å²) in [6.45, 7) is 16.8. The smallest absolute Gasteiger partial charge is 0.236 e. The first-order chi connectivity index (χ1) is 21.6. The summed E-state index contributed by atoms with van der Waals surface area (Å²) in [5.74, 6) is -0.207. The number of likely N-dealkylation sites (N-methyl/N-ethyl adjacent to an activating group) is 1. The normalized spacial score (nSPS) is 14.2. The van der Waals surface area contributed by atoms with Crippen LogP contribution in [0, 0.1) is 11.2 Å². The van der Waals surface area contributed by atoms with Crippen molar-refractivity contribution in [3.63, 3.8) is 0 Å². The number of fused-ring (bicyclic) bond motifs is 1. The van der Waals surface area contributed by atoms with E-state index in [0.717, 1.165) is 19.6 Å². The molecule has 2 N–H and O–H groups in total. The van der Waals surface area contributed by atoms with Crippen molar-refractivity contribution in [2.75, 3.05) is 38.7 Å². The molecule has 1 aliphatic carbocycles. The molecule has 0 radical (unpaired) electrons. The Balaban J connectivity index is 1.45. The number of ether oxygens (including phenoxy) is 3. The summed E-state index contributed by atoms with van der Waals surface area (Å²) in [4.78, 5) is 19.7. The molecule has 1 fully saturated rings. The predicted molar refractivity (Wildman–Crippen MR) is 173 cm³/mol. The molecule has 1 amide bonds. The van der Waals surface area contributed by atoms with Crippen LogP contribution in [0.1, 0.15) is 33.6 Å². The van der Waals surface area contributed by atoms with Crippen molar-refractivity contribution in [2.45, 2.75) is 33.6 Å². The standard InChI is InChI=1S/C35H40F2N4O4/c1-7-26(39-24(5)35(15-16-35)34(42)40-27-12-10-25(36)11-13-27)20-29(37)23(4)45-31-14-17-38-30-22-32(43-6)33(21-28(30)31)44-19-18-41(8-2)9-3/h7,10-14,17,20-22,39H,4-5,8-9,15-16,18-19H2,1-3,6H3,(H,40,42)/b26-7+,29-20+. The molecule has 0 aliphatic heterocycles. The van der Waals surface area contributed by atoms with E-state index in [-0.39, 0.29) is 11.7 Å². The Labute approximate surface area is 263 Å². The van der Waals surface area contributed by atoms with Gasteiger partial charge >= 0.3 is 0 Å². The molecule has 1 aliphatic rings. The zero-order valence-electron chi connectivity index (χ0n) is 26.2. The molecule has 0 unspecified atom stereocenters. The number of halogens is 2. The molecule has 4 rings (SSSR count). The minimum atomic E-state index is -0.859. The molecular formula is C35H40F2N4O4. The quantitative estimate of drug-likeness (QED) is 0.129. The number of allylic oxidation sites excluding steroid dienone is 3. The first kappa shape index (κ1) is 33.2. The lowest BCUT2D eigenvalue weighted by Gasteiger charge is -2.20. The Morgan fingerprint density at radius 3 is 2.42 bits per heavy atom. The molecular weight excluding hydrogens is 578 g/mol. The number of hydrogen-bond acceptors (Lipinski definition) is 7. The van der Waals surface area contributed by atoms with Crippen molar-refractivity contribution in [1.82, 2.24) is 15.2 Å². The molecule has 0 saturated heterocycles. The van der Waals surface area contributed by atoms with Gasteiger partial charge in [0.1, 0.15) is 18.2 Å². The molecule has 0 spiro atoms. The van der Waals surface area contributed by atoms with Crippen LogP contribution in [-0.4, -0.2) is 49.1 Å². The van der Waals surface area contributed by atoms with Gasteiger partial charge < -0.3 is 29.7 Å². The van der Waals surface area contributed by atoms with E-state index in [9.17, 15) is 9.18 Å². The van der Waals surface area contributed by atoms with E-state index in [1.807, 2.05) is 0 Å². The predicted octanol–water partition coefficient (Wildman–Crippen LogP) is 7.28. The van der Waals surface area contributed by atoms with Crippen LogP contribution in [0.3, 0.4) is 0 Å². The molecule has 238 valence electrons. The van der Waals surface area contributed by atoms with Crippen LogP contribution in [0.15, 0.2) is 97.0 Å². The first-order valence-electron chi connectivity index (χ1n) is 14.9. The summed E-state index contributed by atoms with van der Waals surface area (Å²) in [6, 6.07) is 10.7. The lowest BCUT2D eigenvalue weighted by molar-refractivity contribution is -0.120. The number of nitrogens with zero attached hydrogens (tertiary/aromatic N) is 2. The summed E-state index contributed by atoms with van der Waals surface area (Å²) >= 11 is 0. The number of aromatic nitrogens is 1. The lowest BCUT2D eigenvalue weighted by Crippen LogP contribution is -2.31. The van der Waals surface area contributed by atoms with E-state index < -0.39 is 17.1 Å². The van der Waals surface area contributed by atoms with Gasteiger partial charge in [0.15, 0.2) is 23.1 Å². The third-order valence-electron chi connectivity index (χ3n) is 7.80. The van der Waals surface area contributed by atoms with Crippen LogP contribution in [-0.2, 0) is 4.79 Å². The zero-order chi connectivity index (χ0) is 32.6. The van der Waals surface area contributed by atoms with Gasteiger partial charge in [-0.3, -0.25) is 9.78 Å². The van der Waals surface area contributed by atoms with E-state index in [2.05, 4.69) is 47.5 Å². The summed E-state index contributed by atoms with van der Waals surface area (Å²) in [7, 11) is 1.56. The largest absolute Gasteiger partial charge is 0.493 e. The molecule has 2 aromatic carbocycles. The van der Waals surface area contributed by atoms with Gasteiger partial charge in [-0.15, -0.1) is 0 Å². The summed E-state index contributed by atoms with van der Waals surface area (Å²) < 4.78 is 46.1. The fourth-order valence-corrected chi connectivity index (χ4v) is 4.77. The van der Waals surface area contributed by atoms with Gasteiger partial charge in [-0.05, 0) is 69.3 Å². The van der Waals surface area contributed by atoms with Crippen LogP contribution < -0.4 is 24.8 Å². The number of carbonyl (C=O) groups excluding carboxylic acids is 1. The van der Waals surface area contributed by atoms with Gasteiger partial charge in [-0.25, -0.2) is 8.78 Å².